The fourth-order valence-corrected chi connectivity index (χ4v) is 3.25. The van der Waals surface area contributed by atoms with Crippen LogP contribution in [0.4, 0.5) is 0 Å². The summed E-state index contributed by atoms with van der Waals surface area (Å²) in [6.45, 7) is 3.44. The first-order valence-corrected chi connectivity index (χ1v) is 8.31. The van der Waals surface area contributed by atoms with E-state index in [0.29, 0.717) is 30.8 Å². The number of nitrogens with zero attached hydrogens (tertiary/aromatic N) is 2. The Hall–Kier alpha value is -2.62. The topological polar surface area (TPSA) is 89.5 Å². The van der Waals surface area contributed by atoms with Gasteiger partial charge in [0.15, 0.2) is 0 Å². The molecule has 2 N–H and O–H groups in total. The van der Waals surface area contributed by atoms with Crippen LogP contribution in [-0.2, 0) is 6.54 Å². The van der Waals surface area contributed by atoms with Crippen molar-refractivity contribution in [2.24, 2.45) is 0 Å². The fraction of sp³-hybridized carbons (Fsp3) is 0.368. The van der Waals surface area contributed by atoms with Crippen molar-refractivity contribution in [1.29, 1.82) is 5.26 Å². The van der Waals surface area contributed by atoms with Crippen LogP contribution in [0.25, 0.3) is 0 Å². The Labute approximate surface area is 146 Å². The number of nitrogens with one attached hydrogen (secondary N) is 1. The van der Waals surface area contributed by atoms with Gasteiger partial charge in [-0.2, -0.15) is 5.26 Å². The third kappa shape index (κ3) is 4.08. The summed E-state index contributed by atoms with van der Waals surface area (Å²) in [6.07, 6.45) is 0.243. The molecule has 2 heterocycles. The predicted octanol–water partition coefficient (Wildman–Crippen LogP) is 1.82. The Morgan fingerprint density at radius 1 is 1.44 bits per heavy atom. The van der Waals surface area contributed by atoms with E-state index in [-0.39, 0.29) is 23.8 Å². The van der Waals surface area contributed by atoms with Crippen molar-refractivity contribution in [2.75, 3.05) is 13.1 Å². The lowest BCUT2D eigenvalue weighted by Crippen LogP contribution is -2.39. The molecule has 130 valence electrons. The van der Waals surface area contributed by atoms with Crippen molar-refractivity contribution in [3.05, 3.63) is 59.0 Å². The average molecular weight is 339 g/mol. The van der Waals surface area contributed by atoms with Gasteiger partial charge < -0.3 is 14.8 Å². The monoisotopic (exact) mass is 339 g/mol. The van der Waals surface area contributed by atoms with Gasteiger partial charge >= 0.3 is 0 Å². The highest BCUT2D eigenvalue weighted by atomic mass is 16.3. The molecule has 3 rings (SSSR count). The van der Waals surface area contributed by atoms with Crippen molar-refractivity contribution in [3.8, 4) is 6.07 Å². The van der Waals surface area contributed by atoms with E-state index in [1.54, 1.807) is 6.92 Å². The van der Waals surface area contributed by atoms with E-state index < -0.39 is 0 Å². The highest BCUT2D eigenvalue weighted by Gasteiger charge is 2.31. The second-order valence-electron chi connectivity index (χ2n) is 6.36. The Bertz CT molecular complexity index is 779. The van der Waals surface area contributed by atoms with Gasteiger partial charge in [-0.25, -0.2) is 0 Å². The number of aryl methyl sites for hydroxylation is 1. The van der Waals surface area contributed by atoms with Gasteiger partial charge in [0, 0.05) is 31.7 Å². The van der Waals surface area contributed by atoms with Gasteiger partial charge in [-0.15, -0.1) is 0 Å². The Morgan fingerprint density at radius 2 is 2.20 bits per heavy atom. The summed E-state index contributed by atoms with van der Waals surface area (Å²) in [5.41, 5.74) is 1.56. The number of nitriles is 1. The van der Waals surface area contributed by atoms with Crippen LogP contribution in [-0.4, -0.2) is 41.1 Å². The van der Waals surface area contributed by atoms with Gasteiger partial charge in [-0.3, -0.25) is 9.69 Å². The number of hydrogen-bond acceptors (Lipinski definition) is 5. The number of rotatable bonds is 5. The zero-order chi connectivity index (χ0) is 17.8. The molecule has 1 fully saturated rings. The predicted molar refractivity (Wildman–Crippen MR) is 91.8 cm³/mol. The molecule has 0 saturated carbocycles. The first-order chi connectivity index (χ1) is 12.1. The molecule has 0 aliphatic carbocycles. The third-order valence-corrected chi connectivity index (χ3v) is 4.51. The average Bonchev–Trinajstić information content (AvgIpc) is 3.16. The molecule has 1 saturated heterocycles. The Morgan fingerprint density at radius 3 is 2.88 bits per heavy atom. The number of hydrogen-bond donors (Lipinski definition) is 2. The lowest BCUT2D eigenvalue weighted by atomic mass is 10.1. The summed E-state index contributed by atoms with van der Waals surface area (Å²) in [5.74, 6) is 0.301. The van der Waals surface area contributed by atoms with Crippen LogP contribution in [0, 0.1) is 18.3 Å². The molecule has 1 aromatic carbocycles. The van der Waals surface area contributed by atoms with E-state index in [2.05, 4.69) is 22.3 Å². The van der Waals surface area contributed by atoms with Crippen molar-refractivity contribution in [2.45, 2.75) is 32.0 Å². The fourth-order valence-electron chi connectivity index (χ4n) is 3.25. The highest BCUT2D eigenvalue weighted by Crippen LogP contribution is 2.20. The molecule has 25 heavy (non-hydrogen) atoms. The van der Waals surface area contributed by atoms with Gasteiger partial charge in [0.1, 0.15) is 11.8 Å². The van der Waals surface area contributed by atoms with E-state index in [9.17, 15) is 9.90 Å². The molecule has 2 atom stereocenters. The van der Waals surface area contributed by atoms with Crippen LogP contribution in [0.1, 0.15) is 33.9 Å². The first kappa shape index (κ1) is 17.2. The maximum Gasteiger partial charge on any atom is 0.254 e. The number of benzene rings is 1. The molecular formula is C19H21N3O3. The van der Waals surface area contributed by atoms with Gasteiger partial charge in [0.05, 0.1) is 11.7 Å². The van der Waals surface area contributed by atoms with Crippen molar-refractivity contribution < 1.29 is 14.3 Å². The molecule has 6 nitrogen and oxygen atoms in total. The number of aliphatic hydroxyl groups excluding tert-OH is 1. The zero-order valence-electron chi connectivity index (χ0n) is 14.1. The molecule has 0 spiro atoms. The summed E-state index contributed by atoms with van der Waals surface area (Å²) in [7, 11) is 0. The lowest BCUT2D eigenvalue weighted by Gasteiger charge is -2.24. The second kappa shape index (κ2) is 7.51. The SMILES string of the molecule is Cc1oc(C#N)cc1C(=O)NC[C@H]1C[C@@H](O)CN1Cc1ccccc1. The van der Waals surface area contributed by atoms with Crippen molar-refractivity contribution >= 4 is 5.91 Å². The number of furan rings is 1. The summed E-state index contributed by atoms with van der Waals surface area (Å²) < 4.78 is 5.20. The maximum absolute atomic E-state index is 12.3. The van der Waals surface area contributed by atoms with Crippen molar-refractivity contribution in [3.63, 3.8) is 0 Å². The van der Waals surface area contributed by atoms with Crippen LogP contribution in [0.5, 0.6) is 0 Å². The lowest BCUT2D eigenvalue weighted by molar-refractivity contribution is 0.0938. The minimum absolute atomic E-state index is 0.0711. The summed E-state index contributed by atoms with van der Waals surface area (Å²) >= 11 is 0. The van der Waals surface area contributed by atoms with Gasteiger partial charge in [0.2, 0.25) is 5.76 Å². The normalized spacial score (nSPS) is 20.4. The number of amides is 1. The van der Waals surface area contributed by atoms with Crippen molar-refractivity contribution in [1.82, 2.24) is 10.2 Å². The van der Waals surface area contributed by atoms with Gasteiger partial charge in [-0.05, 0) is 18.9 Å². The first-order valence-electron chi connectivity index (χ1n) is 8.31. The van der Waals surface area contributed by atoms with Crippen LogP contribution < -0.4 is 5.32 Å². The van der Waals surface area contributed by atoms with E-state index in [1.807, 2.05) is 24.3 Å². The third-order valence-electron chi connectivity index (χ3n) is 4.51. The number of likely N-dealkylation sites (tertiary alicyclic amines) is 1. The van der Waals surface area contributed by atoms with Crippen LogP contribution in [0.3, 0.4) is 0 Å². The zero-order valence-corrected chi connectivity index (χ0v) is 14.1. The van der Waals surface area contributed by atoms with E-state index in [1.165, 1.54) is 11.6 Å². The number of carbonyl (C=O) groups is 1. The molecule has 1 aliphatic rings. The van der Waals surface area contributed by atoms with Crippen LogP contribution in [0.2, 0.25) is 0 Å². The van der Waals surface area contributed by atoms with Gasteiger partial charge in [0.25, 0.3) is 5.91 Å². The molecule has 1 amide bonds. The molecule has 1 aliphatic heterocycles. The molecule has 0 radical (unpaired) electrons. The number of β-amino-alcohol motifs (C(OH)–C–C–N with tert-alkyl or cyclic N) is 1. The minimum atomic E-state index is -0.383. The minimum Gasteiger partial charge on any atom is -0.450 e. The smallest absolute Gasteiger partial charge is 0.254 e. The summed E-state index contributed by atoms with van der Waals surface area (Å²) in [5, 5.41) is 21.8. The molecule has 2 aromatic rings. The molecular weight excluding hydrogens is 318 g/mol. The highest BCUT2D eigenvalue weighted by molar-refractivity contribution is 5.95. The Balaban J connectivity index is 1.61. The number of aliphatic hydroxyl groups is 1. The standard InChI is InChI=1S/C19H21N3O3/c1-13-18(8-17(9-20)25-13)19(24)21-10-15-7-16(23)12-22(15)11-14-5-3-2-4-6-14/h2-6,8,15-16,23H,7,10-12H2,1H3,(H,21,24)/t15-,16-/m1/s1. The second-order valence-corrected chi connectivity index (χ2v) is 6.36. The van der Waals surface area contributed by atoms with Crippen LogP contribution in [0.15, 0.2) is 40.8 Å². The van der Waals surface area contributed by atoms with Gasteiger partial charge in [-0.1, -0.05) is 30.3 Å². The number of carbonyl (C=O) groups excluding carboxylic acids is 1. The van der Waals surface area contributed by atoms with E-state index >= 15 is 0 Å². The quantitative estimate of drug-likeness (QED) is 0.867. The van der Waals surface area contributed by atoms with E-state index in [4.69, 9.17) is 9.68 Å². The molecule has 1 aromatic heterocycles. The Kier molecular flexibility index (Phi) is 5.17. The van der Waals surface area contributed by atoms with E-state index in [0.717, 1.165) is 6.54 Å². The summed E-state index contributed by atoms with van der Waals surface area (Å²) in [6, 6.07) is 13.5. The summed E-state index contributed by atoms with van der Waals surface area (Å²) in [4.78, 5) is 14.5. The largest absolute Gasteiger partial charge is 0.450 e. The molecule has 0 unspecified atom stereocenters. The van der Waals surface area contributed by atoms with Crippen LogP contribution >= 0.6 is 0 Å². The maximum atomic E-state index is 12.3. The molecule has 6 heteroatoms. The molecule has 0 bridgehead atoms.